The molecule has 1 amide bonds. The zero-order valence-corrected chi connectivity index (χ0v) is 18.1. The molecule has 0 aliphatic carbocycles. The maximum Gasteiger partial charge on any atom is 0.279 e. The Morgan fingerprint density at radius 3 is 2.69 bits per heavy atom. The number of anilines is 1. The van der Waals surface area contributed by atoms with Crippen molar-refractivity contribution in [2.75, 3.05) is 23.5 Å². The van der Waals surface area contributed by atoms with Crippen LogP contribution in [0.1, 0.15) is 21.5 Å². The lowest BCUT2D eigenvalue weighted by molar-refractivity contribution is 0.100. The first-order valence-electron chi connectivity index (χ1n) is 9.28. The molecule has 6 nitrogen and oxygen atoms in total. The zero-order chi connectivity index (χ0) is 20.8. The summed E-state index contributed by atoms with van der Waals surface area (Å²) in [5, 5.41) is 0.424. The van der Waals surface area contributed by atoms with E-state index < -0.39 is 9.84 Å². The molecule has 8 heteroatoms. The number of amides is 1. The molecule has 2 aliphatic heterocycles. The van der Waals surface area contributed by atoms with Crippen molar-refractivity contribution in [3.05, 3.63) is 59.2 Å². The number of rotatable bonds is 3. The van der Waals surface area contributed by atoms with Gasteiger partial charge in [0.1, 0.15) is 5.75 Å². The fourth-order valence-electron chi connectivity index (χ4n) is 3.75. The number of fused-ring (bicyclic) bond motifs is 1. The van der Waals surface area contributed by atoms with Crippen molar-refractivity contribution in [1.82, 2.24) is 0 Å². The van der Waals surface area contributed by atoms with E-state index in [0.29, 0.717) is 16.5 Å². The Labute approximate surface area is 174 Å². The minimum atomic E-state index is -3.10. The second-order valence-corrected chi connectivity index (χ2v) is 10.7. The van der Waals surface area contributed by atoms with Gasteiger partial charge in [-0.05, 0) is 49.2 Å². The van der Waals surface area contributed by atoms with Gasteiger partial charge in [-0.15, -0.1) is 0 Å². The van der Waals surface area contributed by atoms with Gasteiger partial charge in [0.2, 0.25) is 0 Å². The van der Waals surface area contributed by atoms with Crippen LogP contribution in [0.25, 0.3) is 0 Å². The summed E-state index contributed by atoms with van der Waals surface area (Å²) in [6.45, 7) is 4.02. The third kappa shape index (κ3) is 3.79. The van der Waals surface area contributed by atoms with Gasteiger partial charge in [-0.1, -0.05) is 30.0 Å². The lowest BCUT2D eigenvalue weighted by Gasteiger charge is -2.26. The van der Waals surface area contributed by atoms with Crippen LogP contribution >= 0.6 is 11.8 Å². The molecule has 29 heavy (non-hydrogen) atoms. The summed E-state index contributed by atoms with van der Waals surface area (Å²) < 4.78 is 29.7. The molecule has 0 N–H and O–H groups in total. The van der Waals surface area contributed by atoms with Gasteiger partial charge in [-0.3, -0.25) is 4.79 Å². The van der Waals surface area contributed by atoms with Crippen LogP contribution in [0.3, 0.4) is 0 Å². The lowest BCUT2D eigenvalue weighted by Crippen LogP contribution is -2.38. The molecule has 2 aromatic carbocycles. The van der Waals surface area contributed by atoms with Gasteiger partial charge in [0.25, 0.3) is 5.91 Å². The van der Waals surface area contributed by atoms with E-state index in [0.717, 1.165) is 16.8 Å². The van der Waals surface area contributed by atoms with Gasteiger partial charge >= 0.3 is 0 Å². The quantitative estimate of drug-likeness (QED) is 0.744. The van der Waals surface area contributed by atoms with E-state index >= 15 is 0 Å². The van der Waals surface area contributed by atoms with Gasteiger partial charge in [0.15, 0.2) is 15.0 Å². The number of aryl methyl sites for hydroxylation is 1. The maximum absolute atomic E-state index is 12.8. The minimum absolute atomic E-state index is 0.0738. The highest BCUT2D eigenvalue weighted by atomic mass is 32.2. The third-order valence-electron chi connectivity index (χ3n) is 5.42. The highest BCUT2D eigenvalue weighted by Gasteiger charge is 2.49. The molecule has 2 aromatic rings. The number of sulfone groups is 1. The number of thioether (sulfide) groups is 1. The number of carbonyl (C=O) groups excluding carboxylic acids is 1. The molecule has 2 unspecified atom stereocenters. The maximum atomic E-state index is 12.8. The second kappa shape index (κ2) is 7.50. The molecule has 2 aliphatic rings. The molecule has 2 atom stereocenters. The Kier molecular flexibility index (Phi) is 5.16. The molecule has 0 spiro atoms. The van der Waals surface area contributed by atoms with E-state index in [1.165, 1.54) is 11.8 Å². The summed E-state index contributed by atoms with van der Waals surface area (Å²) in [5.41, 5.74) is 3.50. The van der Waals surface area contributed by atoms with E-state index in [1.807, 2.05) is 36.9 Å². The normalized spacial score (nSPS) is 24.0. The van der Waals surface area contributed by atoms with Crippen molar-refractivity contribution in [1.29, 1.82) is 0 Å². The fraction of sp³-hybridized carbons (Fsp3) is 0.333. The molecule has 2 heterocycles. The summed E-state index contributed by atoms with van der Waals surface area (Å²) in [4.78, 5) is 19.2. The van der Waals surface area contributed by atoms with E-state index in [-0.39, 0.29) is 28.7 Å². The third-order valence-corrected chi connectivity index (χ3v) is 8.63. The average molecular weight is 431 g/mol. The predicted molar refractivity (Wildman–Crippen MR) is 117 cm³/mol. The number of amidine groups is 1. The summed E-state index contributed by atoms with van der Waals surface area (Å²) in [6.07, 6.45) is 0. The van der Waals surface area contributed by atoms with Crippen LogP contribution in [0.4, 0.5) is 5.69 Å². The van der Waals surface area contributed by atoms with E-state index in [9.17, 15) is 13.2 Å². The topological polar surface area (TPSA) is 76.0 Å². The monoisotopic (exact) mass is 430 g/mol. The van der Waals surface area contributed by atoms with Crippen LogP contribution in [0.15, 0.2) is 47.5 Å². The van der Waals surface area contributed by atoms with Crippen LogP contribution in [0, 0.1) is 13.8 Å². The van der Waals surface area contributed by atoms with Gasteiger partial charge < -0.3 is 9.64 Å². The number of hydrogen-bond donors (Lipinski definition) is 0. The number of hydrogen-bond acceptors (Lipinski definition) is 5. The van der Waals surface area contributed by atoms with Gasteiger partial charge in [0, 0.05) is 16.5 Å². The molecule has 4 rings (SSSR count). The Morgan fingerprint density at radius 2 is 1.93 bits per heavy atom. The second-order valence-electron chi connectivity index (χ2n) is 7.32. The smallest absolute Gasteiger partial charge is 0.279 e. The largest absolute Gasteiger partial charge is 0.497 e. The molecular weight excluding hydrogens is 408 g/mol. The van der Waals surface area contributed by atoms with Crippen LogP contribution < -0.4 is 9.64 Å². The average Bonchev–Trinajstić information content (AvgIpc) is 3.15. The first-order chi connectivity index (χ1) is 13.8. The lowest BCUT2D eigenvalue weighted by atomic mass is 10.1. The summed E-state index contributed by atoms with van der Waals surface area (Å²) >= 11 is 1.38. The Balaban J connectivity index is 1.76. The first-order valence-corrected chi connectivity index (χ1v) is 12.0. The van der Waals surface area contributed by atoms with Gasteiger partial charge in [-0.25, -0.2) is 8.42 Å². The van der Waals surface area contributed by atoms with Gasteiger partial charge in [-0.2, -0.15) is 4.99 Å². The van der Waals surface area contributed by atoms with Gasteiger partial charge in [0.05, 0.1) is 24.7 Å². The summed E-state index contributed by atoms with van der Waals surface area (Å²) in [7, 11) is -1.55. The SMILES string of the molecule is COc1cccc(C(=O)N=C2SC3CS(=O)(=O)CC3N2c2cccc(C)c2C)c1. The number of ether oxygens (including phenoxy) is 1. The van der Waals surface area contributed by atoms with E-state index in [4.69, 9.17) is 4.74 Å². The fourth-order valence-corrected chi connectivity index (χ4v) is 7.66. The first kappa shape index (κ1) is 20.0. The molecule has 0 radical (unpaired) electrons. The Bertz CT molecular complexity index is 1110. The van der Waals surface area contributed by atoms with Crippen LogP contribution in [0.5, 0.6) is 5.75 Å². The van der Waals surface area contributed by atoms with Crippen LogP contribution in [-0.2, 0) is 9.84 Å². The van der Waals surface area contributed by atoms with Crippen molar-refractivity contribution in [2.45, 2.75) is 25.1 Å². The highest BCUT2D eigenvalue weighted by molar-refractivity contribution is 8.16. The molecule has 2 saturated heterocycles. The van der Waals surface area contributed by atoms with Crippen molar-refractivity contribution < 1.29 is 17.9 Å². The summed E-state index contributed by atoms with van der Waals surface area (Å²) in [6, 6.07) is 12.6. The van der Waals surface area contributed by atoms with Crippen LogP contribution in [0.2, 0.25) is 0 Å². The van der Waals surface area contributed by atoms with Crippen molar-refractivity contribution in [3.8, 4) is 5.75 Å². The standard InChI is InChI=1S/C21H22N2O4S2/c1-13-6-4-9-17(14(13)2)23-18-11-29(25,26)12-19(18)28-21(23)22-20(24)15-7-5-8-16(10-15)27-3/h4-10,18-19H,11-12H2,1-3H3. The number of carbonyl (C=O) groups is 1. The highest BCUT2D eigenvalue weighted by Crippen LogP contribution is 2.42. The zero-order valence-electron chi connectivity index (χ0n) is 16.5. The Hall–Kier alpha value is -2.32. The van der Waals surface area contributed by atoms with E-state index in [1.54, 1.807) is 31.4 Å². The summed E-state index contributed by atoms with van der Waals surface area (Å²) in [5.74, 6) is 0.398. The molecule has 0 aromatic heterocycles. The molecule has 0 saturated carbocycles. The molecular formula is C21H22N2O4S2. The molecule has 0 bridgehead atoms. The predicted octanol–water partition coefficient (Wildman–Crippen LogP) is 3.23. The number of aliphatic imine (C=N–C) groups is 1. The number of methoxy groups -OCH3 is 1. The Morgan fingerprint density at radius 1 is 1.17 bits per heavy atom. The van der Waals surface area contributed by atoms with E-state index in [2.05, 4.69) is 4.99 Å². The van der Waals surface area contributed by atoms with Crippen molar-refractivity contribution in [3.63, 3.8) is 0 Å². The van der Waals surface area contributed by atoms with Crippen molar-refractivity contribution in [2.24, 2.45) is 4.99 Å². The number of nitrogens with zero attached hydrogens (tertiary/aromatic N) is 2. The molecule has 152 valence electrons. The molecule has 2 fully saturated rings. The van der Waals surface area contributed by atoms with Crippen LogP contribution in [-0.4, -0.2) is 49.4 Å². The minimum Gasteiger partial charge on any atom is -0.497 e. The van der Waals surface area contributed by atoms with Crippen molar-refractivity contribution >= 4 is 38.4 Å². The number of benzene rings is 2.